The first-order chi connectivity index (χ1) is 9.52. The summed E-state index contributed by atoms with van der Waals surface area (Å²) < 4.78 is 13.0. The summed E-state index contributed by atoms with van der Waals surface area (Å²) in [5.41, 5.74) is 1.17. The lowest BCUT2D eigenvalue weighted by atomic mass is 10.1. The molecular weight excluding hydrogens is 318 g/mol. The van der Waals surface area contributed by atoms with Gasteiger partial charge in [0.05, 0.1) is 16.2 Å². The number of ether oxygens (including phenoxy) is 2. The number of hydrogen-bond donors (Lipinski definition) is 1. The first-order valence-electron chi connectivity index (χ1n) is 7.30. The number of hydrogen-bond acceptors (Lipinski definition) is 3. The summed E-state index contributed by atoms with van der Waals surface area (Å²) in [6.07, 6.45) is 2.37. The van der Waals surface area contributed by atoms with Crippen molar-refractivity contribution in [3.8, 4) is 5.75 Å². The third kappa shape index (κ3) is 4.21. The highest BCUT2D eigenvalue weighted by molar-refractivity contribution is 9.10. The molecule has 1 heterocycles. The summed E-state index contributed by atoms with van der Waals surface area (Å²) in [5.74, 6) is 0.932. The van der Waals surface area contributed by atoms with Crippen molar-refractivity contribution in [3.63, 3.8) is 0 Å². The van der Waals surface area contributed by atoms with Crippen molar-refractivity contribution < 1.29 is 9.47 Å². The van der Waals surface area contributed by atoms with Crippen LogP contribution < -0.4 is 10.1 Å². The van der Waals surface area contributed by atoms with Crippen molar-refractivity contribution in [2.24, 2.45) is 0 Å². The van der Waals surface area contributed by atoms with Crippen LogP contribution in [0.5, 0.6) is 5.75 Å². The fourth-order valence-corrected chi connectivity index (χ4v) is 3.01. The Bertz CT molecular complexity index is 448. The van der Waals surface area contributed by atoms with Gasteiger partial charge in [-0.15, -0.1) is 0 Å². The highest BCUT2D eigenvalue weighted by Crippen LogP contribution is 2.32. The van der Waals surface area contributed by atoms with Crippen LogP contribution in [0.3, 0.4) is 0 Å². The molecule has 0 aliphatic carbocycles. The molecule has 1 saturated heterocycles. The summed E-state index contributed by atoms with van der Waals surface area (Å²) in [6, 6.07) is 6.16. The number of para-hydroxylation sites is 1. The molecule has 1 fully saturated rings. The maximum atomic E-state index is 6.03. The van der Waals surface area contributed by atoms with E-state index in [9.17, 15) is 0 Å². The van der Waals surface area contributed by atoms with Gasteiger partial charge in [0, 0.05) is 12.1 Å². The molecule has 1 aromatic rings. The van der Waals surface area contributed by atoms with Crippen molar-refractivity contribution in [1.82, 2.24) is 5.32 Å². The van der Waals surface area contributed by atoms with E-state index >= 15 is 0 Å². The molecular formula is C16H24BrNO2. The van der Waals surface area contributed by atoms with Crippen molar-refractivity contribution in [2.75, 3.05) is 13.2 Å². The van der Waals surface area contributed by atoms with Crippen LogP contribution in [-0.4, -0.2) is 24.9 Å². The molecule has 1 aliphatic rings. The topological polar surface area (TPSA) is 30.5 Å². The summed E-state index contributed by atoms with van der Waals surface area (Å²) in [6.45, 7) is 8.77. The number of nitrogens with one attached hydrogen (secondary N) is 1. The second-order valence-corrected chi connectivity index (χ2v) is 6.71. The van der Waals surface area contributed by atoms with Gasteiger partial charge < -0.3 is 14.8 Å². The van der Waals surface area contributed by atoms with Crippen LogP contribution in [0.15, 0.2) is 22.7 Å². The molecule has 0 spiro atoms. The van der Waals surface area contributed by atoms with Crippen LogP contribution in [0.4, 0.5) is 0 Å². The van der Waals surface area contributed by atoms with Crippen LogP contribution in [0.2, 0.25) is 0 Å². The Balaban J connectivity index is 1.98. The van der Waals surface area contributed by atoms with Gasteiger partial charge in [0.1, 0.15) is 12.4 Å². The third-order valence-electron chi connectivity index (χ3n) is 3.58. The molecule has 0 saturated carbocycles. The second-order valence-electron chi connectivity index (χ2n) is 5.86. The predicted molar refractivity (Wildman–Crippen MR) is 85.2 cm³/mol. The molecule has 1 unspecified atom stereocenters. The Hall–Kier alpha value is -0.580. The lowest BCUT2D eigenvalue weighted by Gasteiger charge is -2.20. The van der Waals surface area contributed by atoms with E-state index in [2.05, 4.69) is 48.1 Å². The number of halogens is 1. The molecule has 1 N–H and O–H groups in total. The molecule has 20 heavy (non-hydrogen) atoms. The van der Waals surface area contributed by atoms with Gasteiger partial charge in [-0.2, -0.15) is 0 Å². The lowest BCUT2D eigenvalue weighted by molar-refractivity contribution is -0.0328. The van der Waals surface area contributed by atoms with E-state index in [4.69, 9.17) is 9.47 Å². The minimum absolute atomic E-state index is 0.00541. The highest BCUT2D eigenvalue weighted by Gasteiger charge is 2.32. The predicted octanol–water partition coefficient (Wildman–Crippen LogP) is 3.90. The number of benzene rings is 1. The molecule has 0 bridgehead atoms. The van der Waals surface area contributed by atoms with Gasteiger partial charge in [0.2, 0.25) is 0 Å². The zero-order valence-corrected chi connectivity index (χ0v) is 14.1. The zero-order valence-electron chi connectivity index (χ0n) is 12.5. The average Bonchev–Trinajstić information content (AvgIpc) is 2.75. The van der Waals surface area contributed by atoms with Crippen LogP contribution in [0.1, 0.15) is 39.2 Å². The van der Waals surface area contributed by atoms with Crippen LogP contribution >= 0.6 is 15.9 Å². The zero-order chi connectivity index (χ0) is 14.6. The Kier molecular flexibility index (Phi) is 5.47. The Labute approximate surface area is 130 Å². The van der Waals surface area contributed by atoms with E-state index in [1.807, 2.05) is 12.1 Å². The molecule has 0 radical (unpaired) electrons. The Morgan fingerprint density at radius 3 is 2.90 bits per heavy atom. The van der Waals surface area contributed by atoms with Gasteiger partial charge in [-0.05, 0) is 55.2 Å². The Morgan fingerprint density at radius 1 is 1.45 bits per heavy atom. The molecule has 1 aromatic carbocycles. The van der Waals surface area contributed by atoms with Gasteiger partial charge in [-0.25, -0.2) is 0 Å². The van der Waals surface area contributed by atoms with E-state index in [1.165, 1.54) is 5.56 Å². The lowest BCUT2D eigenvalue weighted by Crippen LogP contribution is -2.24. The minimum Gasteiger partial charge on any atom is -0.489 e. The standard InChI is InChI=1S/C16H24BrNO2/c1-4-18-10-12-6-5-7-14(17)15(12)19-11-13-8-9-16(2,3)20-13/h5-7,13,18H,4,8-11H2,1-3H3. The first-order valence-corrected chi connectivity index (χ1v) is 8.10. The van der Waals surface area contributed by atoms with Gasteiger partial charge >= 0.3 is 0 Å². The van der Waals surface area contributed by atoms with Crippen LogP contribution in [-0.2, 0) is 11.3 Å². The fourth-order valence-electron chi connectivity index (χ4n) is 2.49. The maximum absolute atomic E-state index is 6.03. The van der Waals surface area contributed by atoms with E-state index in [-0.39, 0.29) is 11.7 Å². The first kappa shape index (κ1) is 15.8. The molecule has 0 amide bonds. The van der Waals surface area contributed by atoms with Gasteiger partial charge in [-0.1, -0.05) is 19.1 Å². The van der Waals surface area contributed by atoms with Crippen LogP contribution in [0.25, 0.3) is 0 Å². The van der Waals surface area contributed by atoms with Crippen molar-refractivity contribution >= 4 is 15.9 Å². The Morgan fingerprint density at radius 2 is 2.25 bits per heavy atom. The van der Waals surface area contributed by atoms with Gasteiger partial charge in [-0.3, -0.25) is 0 Å². The molecule has 1 aliphatic heterocycles. The summed E-state index contributed by atoms with van der Waals surface area (Å²) in [5, 5.41) is 3.34. The minimum atomic E-state index is -0.00541. The number of rotatable bonds is 6. The molecule has 0 aromatic heterocycles. The van der Waals surface area contributed by atoms with Crippen molar-refractivity contribution in [1.29, 1.82) is 0 Å². The summed E-state index contributed by atoms with van der Waals surface area (Å²) in [4.78, 5) is 0. The highest BCUT2D eigenvalue weighted by atomic mass is 79.9. The van der Waals surface area contributed by atoms with Crippen molar-refractivity contribution in [2.45, 2.75) is 51.9 Å². The maximum Gasteiger partial charge on any atom is 0.138 e. The van der Waals surface area contributed by atoms with Crippen LogP contribution in [0, 0.1) is 0 Å². The average molecular weight is 342 g/mol. The van der Waals surface area contributed by atoms with E-state index in [1.54, 1.807) is 0 Å². The summed E-state index contributed by atoms with van der Waals surface area (Å²) in [7, 11) is 0. The smallest absolute Gasteiger partial charge is 0.138 e. The normalized spacial score (nSPS) is 21.1. The van der Waals surface area contributed by atoms with Gasteiger partial charge in [0.15, 0.2) is 0 Å². The second kappa shape index (κ2) is 6.92. The van der Waals surface area contributed by atoms with Gasteiger partial charge in [0.25, 0.3) is 0 Å². The van der Waals surface area contributed by atoms with Crippen molar-refractivity contribution in [3.05, 3.63) is 28.2 Å². The molecule has 3 nitrogen and oxygen atoms in total. The fraction of sp³-hybridized carbons (Fsp3) is 0.625. The largest absolute Gasteiger partial charge is 0.489 e. The molecule has 112 valence electrons. The summed E-state index contributed by atoms with van der Waals surface area (Å²) >= 11 is 3.58. The molecule has 2 rings (SSSR count). The van der Waals surface area contributed by atoms with E-state index in [0.717, 1.165) is 36.2 Å². The molecule has 1 atom stereocenters. The van der Waals surface area contributed by atoms with E-state index in [0.29, 0.717) is 6.61 Å². The monoisotopic (exact) mass is 341 g/mol. The van der Waals surface area contributed by atoms with E-state index < -0.39 is 0 Å². The quantitative estimate of drug-likeness (QED) is 0.851. The molecule has 4 heteroatoms. The third-order valence-corrected chi connectivity index (χ3v) is 4.21. The SMILES string of the molecule is CCNCc1cccc(Br)c1OCC1CCC(C)(C)O1.